The molecule has 21 heavy (non-hydrogen) atoms. The molecule has 0 saturated carbocycles. The Bertz CT molecular complexity index is 593. The maximum Gasteiger partial charge on any atom is 0.251 e. The third-order valence-electron chi connectivity index (χ3n) is 3.65. The van der Waals surface area contributed by atoms with Crippen LogP contribution in [0.2, 0.25) is 0 Å². The van der Waals surface area contributed by atoms with E-state index in [0.29, 0.717) is 6.54 Å². The fourth-order valence-corrected chi connectivity index (χ4v) is 2.42. The Morgan fingerprint density at radius 2 is 1.81 bits per heavy atom. The predicted molar refractivity (Wildman–Crippen MR) is 85.5 cm³/mol. The van der Waals surface area contributed by atoms with Gasteiger partial charge in [-0.05, 0) is 19.1 Å². The molecule has 0 spiro atoms. The van der Waals surface area contributed by atoms with Crippen LogP contribution >= 0.6 is 0 Å². The summed E-state index contributed by atoms with van der Waals surface area (Å²) in [4.78, 5) is 13.5. The van der Waals surface area contributed by atoms with Crippen molar-refractivity contribution in [3.63, 3.8) is 0 Å². The Hall–Kier alpha value is -2.13. The van der Waals surface area contributed by atoms with Gasteiger partial charge in [0.1, 0.15) is 6.04 Å². The smallest absolute Gasteiger partial charge is 0.251 e. The van der Waals surface area contributed by atoms with Crippen molar-refractivity contribution in [2.24, 2.45) is 0 Å². The van der Waals surface area contributed by atoms with Crippen LogP contribution in [-0.2, 0) is 0 Å². The van der Waals surface area contributed by atoms with Crippen LogP contribution in [-0.4, -0.2) is 26.5 Å². The van der Waals surface area contributed by atoms with Crippen molar-refractivity contribution in [2.45, 2.75) is 13.0 Å². The SMILES string of the molecule is Cc1cccc(C(=O)NC[C@H](c2ccccc2)[NH+](C)C)c1. The molecule has 0 aliphatic heterocycles. The van der Waals surface area contributed by atoms with Gasteiger partial charge in [0.25, 0.3) is 5.91 Å². The van der Waals surface area contributed by atoms with Crippen LogP contribution in [0.1, 0.15) is 27.5 Å². The highest BCUT2D eigenvalue weighted by atomic mass is 16.1. The predicted octanol–water partition coefficient (Wildman–Crippen LogP) is 1.61. The lowest BCUT2D eigenvalue weighted by atomic mass is 10.1. The van der Waals surface area contributed by atoms with Crippen LogP contribution in [0.3, 0.4) is 0 Å². The quantitative estimate of drug-likeness (QED) is 0.859. The molecule has 0 aliphatic carbocycles. The van der Waals surface area contributed by atoms with E-state index in [1.807, 2.05) is 49.4 Å². The van der Waals surface area contributed by atoms with Gasteiger partial charge in [0.15, 0.2) is 0 Å². The number of carbonyl (C=O) groups excluding carboxylic acids is 1. The zero-order chi connectivity index (χ0) is 15.2. The first-order valence-electron chi connectivity index (χ1n) is 7.28. The molecule has 2 rings (SSSR count). The van der Waals surface area contributed by atoms with Gasteiger partial charge < -0.3 is 10.2 Å². The molecule has 1 atom stereocenters. The molecule has 0 aliphatic rings. The summed E-state index contributed by atoms with van der Waals surface area (Å²) in [5.74, 6) is -0.0131. The molecular formula is C18H23N2O+. The summed E-state index contributed by atoms with van der Waals surface area (Å²) >= 11 is 0. The first-order valence-corrected chi connectivity index (χ1v) is 7.28. The lowest BCUT2D eigenvalue weighted by Crippen LogP contribution is -3.07. The van der Waals surface area contributed by atoms with E-state index in [1.165, 1.54) is 10.5 Å². The largest absolute Gasteiger partial charge is 0.346 e. The van der Waals surface area contributed by atoms with Crippen molar-refractivity contribution in [1.82, 2.24) is 5.32 Å². The molecule has 0 aromatic heterocycles. The van der Waals surface area contributed by atoms with Gasteiger partial charge >= 0.3 is 0 Å². The first-order chi connectivity index (χ1) is 10.1. The highest BCUT2D eigenvalue weighted by Gasteiger charge is 2.18. The molecule has 2 N–H and O–H groups in total. The second-order valence-corrected chi connectivity index (χ2v) is 5.62. The number of rotatable bonds is 5. The van der Waals surface area contributed by atoms with Gasteiger partial charge in [-0.2, -0.15) is 0 Å². The highest BCUT2D eigenvalue weighted by Crippen LogP contribution is 2.09. The van der Waals surface area contributed by atoms with Gasteiger partial charge in [-0.1, -0.05) is 48.0 Å². The van der Waals surface area contributed by atoms with E-state index in [4.69, 9.17) is 0 Å². The number of aryl methyl sites for hydroxylation is 1. The third-order valence-corrected chi connectivity index (χ3v) is 3.65. The number of nitrogens with one attached hydrogen (secondary N) is 2. The van der Waals surface area contributed by atoms with E-state index >= 15 is 0 Å². The van der Waals surface area contributed by atoms with E-state index in [-0.39, 0.29) is 11.9 Å². The van der Waals surface area contributed by atoms with E-state index in [1.54, 1.807) is 0 Å². The number of hydrogen-bond acceptors (Lipinski definition) is 1. The van der Waals surface area contributed by atoms with E-state index < -0.39 is 0 Å². The van der Waals surface area contributed by atoms with Crippen LogP contribution in [0, 0.1) is 6.92 Å². The molecule has 0 radical (unpaired) electrons. The van der Waals surface area contributed by atoms with Crippen LogP contribution in [0.25, 0.3) is 0 Å². The fraction of sp³-hybridized carbons (Fsp3) is 0.278. The number of likely N-dealkylation sites (N-methyl/N-ethyl adjacent to an activating group) is 1. The van der Waals surface area contributed by atoms with Gasteiger partial charge in [0, 0.05) is 11.1 Å². The standard InChI is InChI=1S/C18H22N2O/c1-14-8-7-11-16(12-14)18(21)19-13-17(20(2)3)15-9-5-4-6-10-15/h4-12,17H,13H2,1-3H3,(H,19,21)/p+1/t17-/m1/s1. The number of benzene rings is 2. The second kappa shape index (κ2) is 7.04. The number of hydrogen-bond donors (Lipinski definition) is 2. The van der Waals surface area contributed by atoms with Crippen molar-refractivity contribution >= 4 is 5.91 Å². The fourth-order valence-electron chi connectivity index (χ4n) is 2.42. The molecule has 0 unspecified atom stereocenters. The van der Waals surface area contributed by atoms with Crippen molar-refractivity contribution in [3.8, 4) is 0 Å². The Labute approximate surface area is 126 Å². The summed E-state index contributed by atoms with van der Waals surface area (Å²) in [6.45, 7) is 2.62. The molecule has 110 valence electrons. The summed E-state index contributed by atoms with van der Waals surface area (Å²) in [7, 11) is 4.22. The average molecular weight is 283 g/mol. The maximum atomic E-state index is 12.2. The molecule has 0 fully saturated rings. The van der Waals surface area contributed by atoms with Crippen molar-refractivity contribution in [3.05, 3.63) is 71.3 Å². The summed E-state index contributed by atoms with van der Waals surface area (Å²) in [6.07, 6.45) is 0. The molecule has 2 aromatic rings. The molecule has 0 heterocycles. The molecule has 0 bridgehead atoms. The second-order valence-electron chi connectivity index (χ2n) is 5.62. The van der Waals surface area contributed by atoms with E-state index in [2.05, 4.69) is 31.5 Å². The molecular weight excluding hydrogens is 260 g/mol. The number of carbonyl (C=O) groups is 1. The zero-order valence-corrected chi connectivity index (χ0v) is 12.9. The van der Waals surface area contributed by atoms with Crippen LogP contribution < -0.4 is 10.2 Å². The molecule has 2 aromatic carbocycles. The molecule has 3 nitrogen and oxygen atoms in total. The van der Waals surface area contributed by atoms with Gasteiger partial charge in [0.05, 0.1) is 20.6 Å². The highest BCUT2D eigenvalue weighted by molar-refractivity contribution is 5.94. The summed E-state index contributed by atoms with van der Waals surface area (Å²) < 4.78 is 0. The number of quaternary nitrogens is 1. The first kappa shape index (κ1) is 15.3. The topological polar surface area (TPSA) is 33.5 Å². The third kappa shape index (κ3) is 4.17. The van der Waals surface area contributed by atoms with Crippen molar-refractivity contribution in [1.29, 1.82) is 0 Å². The Morgan fingerprint density at radius 1 is 1.10 bits per heavy atom. The minimum absolute atomic E-state index is 0.0131. The molecule has 0 saturated heterocycles. The van der Waals surface area contributed by atoms with E-state index in [0.717, 1.165) is 11.1 Å². The lowest BCUT2D eigenvalue weighted by Gasteiger charge is -2.22. The average Bonchev–Trinajstić information content (AvgIpc) is 2.48. The monoisotopic (exact) mass is 283 g/mol. The van der Waals surface area contributed by atoms with Crippen molar-refractivity contribution in [2.75, 3.05) is 20.6 Å². The normalized spacial score (nSPS) is 12.2. The molecule has 1 amide bonds. The van der Waals surface area contributed by atoms with Crippen LogP contribution in [0.5, 0.6) is 0 Å². The lowest BCUT2D eigenvalue weighted by molar-refractivity contribution is -0.890. The maximum absolute atomic E-state index is 12.2. The summed E-state index contributed by atoms with van der Waals surface area (Å²) in [6, 6.07) is 18.2. The van der Waals surface area contributed by atoms with Gasteiger partial charge in [0.2, 0.25) is 0 Å². The summed E-state index contributed by atoms with van der Waals surface area (Å²) in [5, 5.41) is 3.05. The summed E-state index contributed by atoms with van der Waals surface area (Å²) in [5.41, 5.74) is 3.05. The Kier molecular flexibility index (Phi) is 5.12. The number of amides is 1. The Morgan fingerprint density at radius 3 is 2.43 bits per heavy atom. The van der Waals surface area contributed by atoms with E-state index in [9.17, 15) is 4.79 Å². The van der Waals surface area contributed by atoms with Crippen molar-refractivity contribution < 1.29 is 9.69 Å². The minimum Gasteiger partial charge on any atom is -0.346 e. The zero-order valence-electron chi connectivity index (χ0n) is 12.9. The minimum atomic E-state index is -0.0131. The van der Waals surface area contributed by atoms with Gasteiger partial charge in [-0.3, -0.25) is 4.79 Å². The van der Waals surface area contributed by atoms with Crippen LogP contribution in [0.4, 0.5) is 0 Å². The Balaban J connectivity index is 2.04. The van der Waals surface area contributed by atoms with Crippen LogP contribution in [0.15, 0.2) is 54.6 Å². The molecule has 3 heteroatoms. The van der Waals surface area contributed by atoms with Gasteiger partial charge in [-0.15, -0.1) is 0 Å². The van der Waals surface area contributed by atoms with Gasteiger partial charge in [-0.25, -0.2) is 0 Å².